The number of fused-ring (bicyclic) bond motifs is 1. The summed E-state index contributed by atoms with van der Waals surface area (Å²) in [6.45, 7) is 3.13. The first-order valence-corrected chi connectivity index (χ1v) is 12.2. The van der Waals surface area contributed by atoms with E-state index in [2.05, 4.69) is 25.7 Å². The number of imidazole rings is 1. The normalized spacial score (nSPS) is 13.6. The highest BCUT2D eigenvalue weighted by atomic mass is 19.1. The Kier molecular flexibility index (Phi) is 6.80. The molecule has 2 amide bonds. The Morgan fingerprint density at radius 3 is 2.78 bits per heavy atom. The zero-order valence-corrected chi connectivity index (χ0v) is 20.6. The molecule has 1 fully saturated rings. The molecule has 3 aromatic heterocycles. The van der Waals surface area contributed by atoms with E-state index in [-0.39, 0.29) is 24.5 Å². The third-order valence-electron chi connectivity index (χ3n) is 6.35. The molecule has 0 saturated heterocycles. The first-order valence-electron chi connectivity index (χ1n) is 12.2. The van der Waals surface area contributed by atoms with E-state index in [9.17, 15) is 14.0 Å². The zero-order chi connectivity index (χ0) is 25.9. The molecule has 10 heteroatoms. The molecular formula is C27H27FN6O3. The lowest BCUT2D eigenvalue weighted by molar-refractivity contribution is -0.114. The van der Waals surface area contributed by atoms with Crippen LogP contribution in [0.25, 0.3) is 16.9 Å². The number of hydrogen-bond donors (Lipinski definition) is 2. The number of pyridine rings is 1. The number of hydrogen-bond acceptors (Lipinski definition) is 6. The number of carbonyl (C=O) groups excluding carboxylic acids is 2. The number of aryl methyl sites for hydroxylation is 1. The number of benzene rings is 1. The molecule has 190 valence electrons. The van der Waals surface area contributed by atoms with E-state index in [1.54, 1.807) is 54.2 Å². The second kappa shape index (κ2) is 10.3. The molecule has 0 radical (unpaired) electrons. The van der Waals surface area contributed by atoms with Gasteiger partial charge in [-0.05, 0) is 62.9 Å². The number of aromatic nitrogens is 4. The summed E-state index contributed by atoms with van der Waals surface area (Å²) >= 11 is 0. The van der Waals surface area contributed by atoms with Crippen molar-refractivity contribution >= 4 is 23.3 Å². The molecule has 9 nitrogen and oxygen atoms in total. The van der Waals surface area contributed by atoms with E-state index in [0.717, 1.165) is 25.7 Å². The van der Waals surface area contributed by atoms with Gasteiger partial charge in [0.05, 0.1) is 29.3 Å². The topological polar surface area (TPSA) is 111 Å². The number of carbonyl (C=O) groups is 2. The van der Waals surface area contributed by atoms with Gasteiger partial charge in [0.25, 0.3) is 5.91 Å². The average Bonchev–Trinajstić information content (AvgIpc) is 3.52. The van der Waals surface area contributed by atoms with Crippen LogP contribution in [-0.4, -0.2) is 37.5 Å². The van der Waals surface area contributed by atoms with Crippen LogP contribution >= 0.6 is 0 Å². The van der Waals surface area contributed by atoms with Gasteiger partial charge >= 0.3 is 0 Å². The van der Waals surface area contributed by atoms with Crippen molar-refractivity contribution in [2.75, 3.05) is 5.32 Å². The van der Waals surface area contributed by atoms with Crippen molar-refractivity contribution in [3.63, 3.8) is 0 Å². The predicted molar refractivity (Wildman–Crippen MR) is 136 cm³/mol. The van der Waals surface area contributed by atoms with Crippen LogP contribution in [-0.2, 0) is 11.3 Å². The van der Waals surface area contributed by atoms with Gasteiger partial charge in [0.15, 0.2) is 11.5 Å². The first-order chi connectivity index (χ1) is 17.9. The minimum absolute atomic E-state index is 0.0115. The highest BCUT2D eigenvalue weighted by Gasteiger charge is 2.20. The summed E-state index contributed by atoms with van der Waals surface area (Å²) in [6.07, 6.45) is 7.43. The first kappa shape index (κ1) is 24.4. The molecule has 2 N–H and O–H groups in total. The van der Waals surface area contributed by atoms with E-state index in [4.69, 9.17) is 4.74 Å². The Balaban J connectivity index is 1.35. The van der Waals surface area contributed by atoms with E-state index < -0.39 is 5.82 Å². The van der Waals surface area contributed by atoms with Gasteiger partial charge in [-0.3, -0.25) is 14.6 Å². The summed E-state index contributed by atoms with van der Waals surface area (Å²) in [5.74, 6) is -0.167. The Bertz CT molecular complexity index is 1480. The van der Waals surface area contributed by atoms with Crippen molar-refractivity contribution in [3.05, 3.63) is 71.4 Å². The van der Waals surface area contributed by atoms with Crippen LogP contribution < -0.4 is 15.4 Å². The lowest BCUT2D eigenvalue weighted by Crippen LogP contribution is -2.25. The van der Waals surface area contributed by atoms with Gasteiger partial charge in [0.1, 0.15) is 11.6 Å². The van der Waals surface area contributed by atoms with E-state index in [1.807, 2.05) is 0 Å². The maximum Gasteiger partial charge on any atom is 0.253 e. The van der Waals surface area contributed by atoms with E-state index in [0.29, 0.717) is 45.3 Å². The minimum atomic E-state index is -0.420. The van der Waals surface area contributed by atoms with Gasteiger partial charge in [0.2, 0.25) is 5.91 Å². The van der Waals surface area contributed by atoms with Crippen molar-refractivity contribution < 1.29 is 18.7 Å². The molecule has 4 aromatic rings. The fraction of sp³-hybridized carbons (Fsp3) is 0.296. The number of amides is 2. The van der Waals surface area contributed by atoms with Gasteiger partial charge in [-0.2, -0.15) is 5.10 Å². The van der Waals surface area contributed by atoms with Crippen molar-refractivity contribution in [3.8, 4) is 17.0 Å². The van der Waals surface area contributed by atoms with Crippen molar-refractivity contribution in [2.24, 2.45) is 0 Å². The summed E-state index contributed by atoms with van der Waals surface area (Å²) in [7, 11) is 0. The smallest absolute Gasteiger partial charge is 0.253 e. The molecule has 0 bridgehead atoms. The maximum absolute atomic E-state index is 14.7. The number of ether oxygens (including phenoxy) is 1. The van der Waals surface area contributed by atoms with Crippen molar-refractivity contribution in [1.82, 2.24) is 24.9 Å². The molecule has 1 aliphatic carbocycles. The van der Waals surface area contributed by atoms with Crippen LogP contribution in [0.1, 0.15) is 54.2 Å². The fourth-order valence-corrected chi connectivity index (χ4v) is 4.45. The Morgan fingerprint density at radius 1 is 1.19 bits per heavy atom. The molecule has 0 spiro atoms. The van der Waals surface area contributed by atoms with Crippen LogP contribution in [0.2, 0.25) is 0 Å². The van der Waals surface area contributed by atoms with Crippen molar-refractivity contribution in [1.29, 1.82) is 0 Å². The number of nitrogens with zero attached hydrogens (tertiary/aromatic N) is 4. The SMILES string of the molecule is CC(=O)Nc1cn2nc(-c3cnc(C)c(C(=O)NCc4c(F)cccc4OC4CCCC4)c3)ccc2n1. The summed E-state index contributed by atoms with van der Waals surface area (Å²) in [5, 5.41) is 9.98. The van der Waals surface area contributed by atoms with Crippen LogP contribution in [0.4, 0.5) is 10.2 Å². The van der Waals surface area contributed by atoms with Crippen LogP contribution in [0.5, 0.6) is 5.75 Å². The monoisotopic (exact) mass is 502 g/mol. The van der Waals surface area contributed by atoms with Gasteiger partial charge in [-0.1, -0.05) is 6.07 Å². The van der Waals surface area contributed by atoms with Gasteiger partial charge < -0.3 is 15.4 Å². The lowest BCUT2D eigenvalue weighted by Gasteiger charge is -2.17. The second-order valence-electron chi connectivity index (χ2n) is 9.11. The molecule has 0 aliphatic heterocycles. The Labute approximate surface area is 213 Å². The zero-order valence-electron chi connectivity index (χ0n) is 20.6. The van der Waals surface area contributed by atoms with E-state index >= 15 is 0 Å². The summed E-state index contributed by atoms with van der Waals surface area (Å²) in [6, 6.07) is 9.95. The Hall–Kier alpha value is -4.34. The largest absolute Gasteiger partial charge is 0.490 e. The molecule has 1 aromatic carbocycles. The van der Waals surface area contributed by atoms with Crippen LogP contribution in [0, 0.1) is 12.7 Å². The quantitative estimate of drug-likeness (QED) is 0.386. The molecule has 5 rings (SSSR count). The predicted octanol–water partition coefficient (Wildman–Crippen LogP) is 4.45. The number of anilines is 1. The molecule has 3 heterocycles. The third kappa shape index (κ3) is 5.42. The van der Waals surface area contributed by atoms with Crippen LogP contribution in [0.15, 0.2) is 48.8 Å². The minimum Gasteiger partial charge on any atom is -0.490 e. The molecule has 37 heavy (non-hydrogen) atoms. The molecule has 0 unspecified atom stereocenters. The summed E-state index contributed by atoms with van der Waals surface area (Å²) in [5.41, 5.74) is 2.98. The molecule has 1 saturated carbocycles. The molecule has 1 aliphatic rings. The highest BCUT2D eigenvalue weighted by Crippen LogP contribution is 2.28. The van der Waals surface area contributed by atoms with Crippen LogP contribution in [0.3, 0.4) is 0 Å². The average molecular weight is 503 g/mol. The number of rotatable bonds is 7. The highest BCUT2D eigenvalue weighted by molar-refractivity contribution is 5.96. The van der Waals surface area contributed by atoms with Gasteiger partial charge in [-0.15, -0.1) is 0 Å². The second-order valence-corrected chi connectivity index (χ2v) is 9.11. The number of halogens is 1. The Morgan fingerprint density at radius 2 is 2.00 bits per heavy atom. The summed E-state index contributed by atoms with van der Waals surface area (Å²) in [4.78, 5) is 33.1. The van der Waals surface area contributed by atoms with Gasteiger partial charge in [0, 0.05) is 30.8 Å². The molecule has 0 atom stereocenters. The maximum atomic E-state index is 14.7. The standard InChI is InChI=1S/C27H27FN6O3/c1-16-20(27(36)30-14-21-22(28)8-5-9-24(21)37-19-6-3-4-7-19)12-18(13-29-16)23-10-11-26-32-25(31-17(2)35)15-34(26)33-23/h5,8-13,15,19H,3-4,6-7,14H2,1-2H3,(H,30,36)(H,31,35). The van der Waals surface area contributed by atoms with E-state index in [1.165, 1.54) is 13.0 Å². The third-order valence-corrected chi connectivity index (χ3v) is 6.35. The molecular weight excluding hydrogens is 475 g/mol. The fourth-order valence-electron chi connectivity index (χ4n) is 4.45. The number of nitrogens with one attached hydrogen (secondary N) is 2. The lowest BCUT2D eigenvalue weighted by atomic mass is 10.1. The van der Waals surface area contributed by atoms with Crippen molar-refractivity contribution in [2.45, 2.75) is 52.2 Å². The van der Waals surface area contributed by atoms with Gasteiger partial charge in [-0.25, -0.2) is 13.9 Å². The summed E-state index contributed by atoms with van der Waals surface area (Å²) < 4.78 is 22.2.